The third-order valence-corrected chi connectivity index (χ3v) is 3.30. The van der Waals surface area contributed by atoms with E-state index in [1.54, 1.807) is 20.0 Å². The van der Waals surface area contributed by atoms with Gasteiger partial charge in [-0.2, -0.15) is 5.26 Å². The quantitative estimate of drug-likeness (QED) is 0.858. The molecule has 1 aliphatic heterocycles. The third kappa shape index (κ3) is 3.04. The summed E-state index contributed by atoms with van der Waals surface area (Å²) >= 11 is 0. The monoisotopic (exact) mass is 259 g/mol. The number of anilines is 1. The van der Waals surface area contributed by atoms with Gasteiger partial charge in [0.1, 0.15) is 17.9 Å². The van der Waals surface area contributed by atoms with Crippen LogP contribution in [0.4, 0.5) is 5.69 Å². The Bertz CT molecular complexity index is 536. The summed E-state index contributed by atoms with van der Waals surface area (Å²) in [7, 11) is 1.73. The average molecular weight is 259 g/mol. The van der Waals surface area contributed by atoms with E-state index >= 15 is 0 Å². The van der Waals surface area contributed by atoms with Gasteiger partial charge in [0.05, 0.1) is 6.07 Å². The van der Waals surface area contributed by atoms with Gasteiger partial charge in [-0.1, -0.05) is 0 Å². The Kier molecular flexibility index (Phi) is 3.72. The molecule has 0 aliphatic carbocycles. The molecule has 1 amide bonds. The van der Waals surface area contributed by atoms with E-state index in [1.807, 2.05) is 12.1 Å². The maximum Gasteiger partial charge on any atom is 0.224 e. The van der Waals surface area contributed by atoms with Gasteiger partial charge in [-0.05, 0) is 44.2 Å². The van der Waals surface area contributed by atoms with Crippen LogP contribution in [0.3, 0.4) is 0 Å². The first-order chi connectivity index (χ1) is 9.06. The molecule has 100 valence electrons. The van der Waals surface area contributed by atoms with Gasteiger partial charge in [0, 0.05) is 12.1 Å². The predicted octanol–water partition coefficient (Wildman–Crippen LogP) is 1.45. The summed E-state index contributed by atoms with van der Waals surface area (Å²) in [5.41, 5.74) is 1.21. The van der Waals surface area contributed by atoms with Crippen molar-refractivity contribution in [2.45, 2.75) is 25.3 Å². The summed E-state index contributed by atoms with van der Waals surface area (Å²) in [5.74, 6) is 0.764. The lowest BCUT2D eigenvalue weighted by molar-refractivity contribution is -0.116. The molecule has 1 aromatic rings. The Labute approximate surface area is 112 Å². The maximum atomic E-state index is 11.3. The van der Waals surface area contributed by atoms with E-state index in [0.717, 1.165) is 17.7 Å². The van der Waals surface area contributed by atoms with Crippen LogP contribution in [0.2, 0.25) is 0 Å². The van der Waals surface area contributed by atoms with Gasteiger partial charge < -0.3 is 10.1 Å². The molecule has 1 atom stereocenters. The first kappa shape index (κ1) is 13.4. The van der Waals surface area contributed by atoms with Crippen LogP contribution in [0.1, 0.15) is 18.9 Å². The minimum atomic E-state index is -0.704. The van der Waals surface area contributed by atoms with Crippen LogP contribution in [0.15, 0.2) is 18.2 Å². The van der Waals surface area contributed by atoms with Gasteiger partial charge in [0.2, 0.25) is 5.91 Å². The number of hydrogen-bond acceptors (Lipinski definition) is 4. The second-order valence-corrected chi connectivity index (χ2v) is 4.85. The zero-order chi connectivity index (χ0) is 13.9. The molecule has 0 saturated carbocycles. The number of ether oxygens (including phenoxy) is 1. The van der Waals surface area contributed by atoms with E-state index in [-0.39, 0.29) is 12.5 Å². The van der Waals surface area contributed by atoms with Gasteiger partial charge in [0.25, 0.3) is 0 Å². The topological polar surface area (TPSA) is 74.1 Å². The number of fused-ring (bicyclic) bond motifs is 1. The van der Waals surface area contributed by atoms with Crippen LogP contribution in [0.5, 0.6) is 5.75 Å². The molecule has 0 radical (unpaired) electrons. The van der Waals surface area contributed by atoms with Crippen LogP contribution >= 0.6 is 0 Å². The molecular weight excluding hydrogens is 242 g/mol. The Morgan fingerprint density at radius 2 is 2.32 bits per heavy atom. The second kappa shape index (κ2) is 5.29. The van der Waals surface area contributed by atoms with Gasteiger partial charge in [-0.25, -0.2) is 0 Å². The third-order valence-electron chi connectivity index (χ3n) is 3.30. The Morgan fingerprint density at radius 1 is 1.53 bits per heavy atom. The molecule has 0 saturated heterocycles. The normalized spacial score (nSPS) is 16.8. The number of benzene rings is 1. The molecule has 1 aliphatic rings. The van der Waals surface area contributed by atoms with E-state index in [9.17, 15) is 4.79 Å². The molecule has 1 aromatic carbocycles. The van der Waals surface area contributed by atoms with E-state index in [4.69, 9.17) is 10.00 Å². The molecule has 0 spiro atoms. The molecule has 5 heteroatoms. The van der Waals surface area contributed by atoms with Crippen molar-refractivity contribution in [2.75, 3.05) is 19.0 Å². The summed E-state index contributed by atoms with van der Waals surface area (Å²) in [6.45, 7) is 2.05. The number of rotatable bonds is 4. The van der Waals surface area contributed by atoms with Crippen molar-refractivity contribution in [3.05, 3.63) is 23.8 Å². The van der Waals surface area contributed by atoms with Gasteiger partial charge in [0.15, 0.2) is 0 Å². The number of carbonyl (C=O) groups excluding carboxylic acids is 1. The smallest absolute Gasteiger partial charge is 0.224 e. The number of hydrogen-bond donors (Lipinski definition) is 2. The molecule has 19 heavy (non-hydrogen) atoms. The van der Waals surface area contributed by atoms with Crippen LogP contribution in [-0.2, 0) is 11.2 Å². The van der Waals surface area contributed by atoms with Crippen molar-refractivity contribution in [2.24, 2.45) is 0 Å². The van der Waals surface area contributed by atoms with Crippen molar-refractivity contribution in [1.29, 1.82) is 5.26 Å². The van der Waals surface area contributed by atoms with E-state index < -0.39 is 5.54 Å². The van der Waals surface area contributed by atoms with E-state index in [2.05, 4.69) is 16.7 Å². The summed E-state index contributed by atoms with van der Waals surface area (Å²) in [5, 5.41) is 14.8. The van der Waals surface area contributed by atoms with Crippen molar-refractivity contribution in [3.63, 3.8) is 0 Å². The van der Waals surface area contributed by atoms with Crippen LogP contribution in [0, 0.1) is 11.3 Å². The summed E-state index contributed by atoms with van der Waals surface area (Å²) in [6.07, 6.45) is 1.22. The number of nitrogens with zero attached hydrogens (tertiary/aromatic N) is 1. The molecule has 5 nitrogen and oxygen atoms in total. The number of amides is 1. The van der Waals surface area contributed by atoms with Crippen LogP contribution in [0.25, 0.3) is 0 Å². The lowest BCUT2D eigenvalue weighted by Gasteiger charge is -2.22. The first-order valence-electron chi connectivity index (χ1n) is 6.22. The van der Waals surface area contributed by atoms with Crippen molar-refractivity contribution >= 4 is 11.6 Å². The molecule has 2 N–H and O–H groups in total. The molecule has 1 unspecified atom stereocenters. The SMILES string of the molecule is CNC(C)(C#N)COc1ccc2c(c1)CCC(=O)N2. The highest BCUT2D eigenvalue weighted by Gasteiger charge is 2.22. The minimum absolute atomic E-state index is 0.0495. The molecule has 1 heterocycles. The van der Waals surface area contributed by atoms with E-state index in [0.29, 0.717) is 12.2 Å². The summed E-state index contributed by atoms with van der Waals surface area (Å²) in [6, 6.07) is 7.73. The van der Waals surface area contributed by atoms with Gasteiger partial charge in [-0.15, -0.1) is 0 Å². The Balaban J connectivity index is 2.07. The number of likely N-dealkylation sites (N-methyl/N-ethyl adjacent to an activating group) is 1. The van der Waals surface area contributed by atoms with Crippen molar-refractivity contribution in [3.8, 4) is 11.8 Å². The number of nitrogens with one attached hydrogen (secondary N) is 2. The zero-order valence-corrected chi connectivity index (χ0v) is 11.1. The Hall–Kier alpha value is -2.06. The van der Waals surface area contributed by atoms with Gasteiger partial charge >= 0.3 is 0 Å². The summed E-state index contributed by atoms with van der Waals surface area (Å²) in [4.78, 5) is 11.3. The van der Waals surface area contributed by atoms with Crippen molar-refractivity contribution in [1.82, 2.24) is 5.32 Å². The number of carbonyl (C=O) groups is 1. The molecular formula is C14H17N3O2. The molecule has 0 aromatic heterocycles. The molecule has 0 fully saturated rings. The van der Waals surface area contributed by atoms with Crippen LogP contribution in [-0.4, -0.2) is 25.1 Å². The highest BCUT2D eigenvalue weighted by atomic mass is 16.5. The molecule has 0 bridgehead atoms. The highest BCUT2D eigenvalue weighted by Crippen LogP contribution is 2.27. The Morgan fingerprint density at radius 3 is 3.00 bits per heavy atom. The number of nitriles is 1. The fourth-order valence-electron chi connectivity index (χ4n) is 1.84. The second-order valence-electron chi connectivity index (χ2n) is 4.85. The van der Waals surface area contributed by atoms with E-state index in [1.165, 1.54) is 0 Å². The van der Waals surface area contributed by atoms with Crippen LogP contribution < -0.4 is 15.4 Å². The largest absolute Gasteiger partial charge is 0.491 e. The highest BCUT2D eigenvalue weighted by molar-refractivity contribution is 5.93. The lowest BCUT2D eigenvalue weighted by atomic mass is 10.0. The molecule has 2 rings (SSSR count). The average Bonchev–Trinajstić information content (AvgIpc) is 2.44. The zero-order valence-electron chi connectivity index (χ0n) is 11.1. The van der Waals surface area contributed by atoms with Gasteiger partial charge in [-0.3, -0.25) is 10.1 Å². The maximum absolute atomic E-state index is 11.3. The first-order valence-corrected chi connectivity index (χ1v) is 6.22. The summed E-state index contributed by atoms with van der Waals surface area (Å²) < 4.78 is 5.65. The fourth-order valence-corrected chi connectivity index (χ4v) is 1.84. The predicted molar refractivity (Wildman–Crippen MR) is 72.0 cm³/mol. The standard InChI is InChI=1S/C14H17N3O2/c1-14(8-15,16-2)9-19-11-4-5-12-10(7-11)3-6-13(18)17-12/h4-5,7,16H,3,6,9H2,1-2H3,(H,17,18). The van der Waals surface area contributed by atoms with Crippen molar-refractivity contribution < 1.29 is 9.53 Å². The number of aryl methyl sites for hydroxylation is 1. The fraction of sp³-hybridized carbons (Fsp3) is 0.429. The lowest BCUT2D eigenvalue weighted by Crippen LogP contribution is -2.43. The minimum Gasteiger partial charge on any atom is -0.491 e.